The topological polar surface area (TPSA) is 68.5 Å². The summed E-state index contributed by atoms with van der Waals surface area (Å²) in [4.78, 5) is 18.8. The number of ether oxygens (including phenoxy) is 1. The van der Waals surface area contributed by atoms with Crippen LogP contribution in [-0.2, 0) is 17.4 Å². The Morgan fingerprint density at radius 1 is 1.06 bits per heavy atom. The summed E-state index contributed by atoms with van der Waals surface area (Å²) < 4.78 is 43.4. The lowest BCUT2D eigenvalue weighted by molar-refractivity contribution is -0.137. The molecule has 5 nitrogen and oxygen atoms in total. The van der Waals surface area contributed by atoms with Crippen LogP contribution >= 0.6 is 0 Å². The van der Waals surface area contributed by atoms with Crippen LogP contribution in [0.15, 0.2) is 72.9 Å². The van der Waals surface area contributed by atoms with Gasteiger partial charge in [0.15, 0.2) is 0 Å². The summed E-state index contributed by atoms with van der Waals surface area (Å²) in [6.07, 6.45) is -2.55. The summed E-state index contributed by atoms with van der Waals surface area (Å²) in [5.74, 6) is 0.0522. The van der Waals surface area contributed by atoms with Crippen LogP contribution in [0.3, 0.4) is 0 Å². The molecule has 3 rings (SSSR count). The Morgan fingerprint density at radius 2 is 1.74 bits per heavy atom. The lowest BCUT2D eigenvalue weighted by Gasteiger charge is -2.26. The van der Waals surface area contributed by atoms with Crippen LogP contribution in [0.4, 0.5) is 18.9 Å². The van der Waals surface area contributed by atoms with Gasteiger partial charge in [0, 0.05) is 12.6 Å². The molecule has 0 saturated heterocycles. The molecule has 1 heterocycles. The molecule has 0 radical (unpaired) electrons. The number of halogens is 3. The quantitative estimate of drug-likeness (QED) is 0.605. The van der Waals surface area contributed by atoms with E-state index < -0.39 is 17.8 Å². The SMILES string of the molecule is COc1ccc(N(CCc2ccc(C(F)(F)F)cc2)C(=O)[C@H](N)c2ccccc2)cn1. The number of pyridine rings is 1. The maximum absolute atomic E-state index is 13.2. The first-order valence-corrected chi connectivity index (χ1v) is 9.57. The standard InChI is InChI=1S/C23H22F3N3O2/c1-31-20-12-11-19(15-28-20)29(22(30)21(27)17-5-3-2-4-6-17)14-13-16-7-9-18(10-8-16)23(24,25)26/h2-12,15,21H,13-14,27H2,1H3/t21-/m1/s1. The van der Waals surface area contributed by atoms with Gasteiger partial charge in [-0.05, 0) is 35.7 Å². The molecule has 1 aromatic heterocycles. The van der Waals surface area contributed by atoms with Gasteiger partial charge in [0.25, 0.3) is 0 Å². The first-order chi connectivity index (χ1) is 14.8. The predicted molar refractivity (Wildman–Crippen MR) is 112 cm³/mol. The van der Waals surface area contributed by atoms with Crippen LogP contribution in [0.25, 0.3) is 0 Å². The van der Waals surface area contributed by atoms with Crippen molar-refractivity contribution in [3.63, 3.8) is 0 Å². The van der Waals surface area contributed by atoms with E-state index in [4.69, 9.17) is 10.5 Å². The van der Waals surface area contributed by atoms with Crippen molar-refractivity contribution in [1.29, 1.82) is 0 Å². The Hall–Kier alpha value is -3.39. The summed E-state index contributed by atoms with van der Waals surface area (Å²) in [5.41, 5.74) is 7.34. The number of methoxy groups -OCH3 is 1. The normalized spacial score (nSPS) is 12.3. The van der Waals surface area contributed by atoms with Crippen molar-refractivity contribution in [1.82, 2.24) is 4.98 Å². The van der Waals surface area contributed by atoms with Gasteiger partial charge in [0.05, 0.1) is 24.6 Å². The molecule has 0 unspecified atom stereocenters. The number of hydrogen-bond donors (Lipinski definition) is 1. The number of anilines is 1. The Morgan fingerprint density at radius 3 is 2.29 bits per heavy atom. The molecule has 2 N–H and O–H groups in total. The van der Waals surface area contributed by atoms with E-state index in [1.807, 2.05) is 6.07 Å². The van der Waals surface area contributed by atoms with Gasteiger partial charge >= 0.3 is 6.18 Å². The molecule has 0 aliphatic carbocycles. The van der Waals surface area contributed by atoms with Gasteiger partial charge in [-0.3, -0.25) is 4.79 Å². The first kappa shape index (κ1) is 22.3. The van der Waals surface area contributed by atoms with Crippen molar-refractivity contribution in [3.8, 4) is 5.88 Å². The van der Waals surface area contributed by atoms with E-state index in [0.717, 1.165) is 12.1 Å². The number of nitrogens with zero attached hydrogens (tertiary/aromatic N) is 2. The van der Waals surface area contributed by atoms with Gasteiger partial charge in [0.2, 0.25) is 11.8 Å². The van der Waals surface area contributed by atoms with Crippen LogP contribution in [-0.4, -0.2) is 24.5 Å². The minimum atomic E-state index is -4.39. The molecule has 0 saturated carbocycles. The van der Waals surface area contributed by atoms with Crippen molar-refractivity contribution in [3.05, 3.63) is 89.6 Å². The highest BCUT2D eigenvalue weighted by Gasteiger charge is 2.30. The van der Waals surface area contributed by atoms with Gasteiger partial charge < -0.3 is 15.4 Å². The Kier molecular flexibility index (Phi) is 6.91. The summed E-state index contributed by atoms with van der Waals surface area (Å²) in [6, 6.07) is 16.3. The highest BCUT2D eigenvalue weighted by atomic mass is 19.4. The highest BCUT2D eigenvalue weighted by Crippen LogP contribution is 2.29. The molecule has 31 heavy (non-hydrogen) atoms. The lowest BCUT2D eigenvalue weighted by Crippen LogP contribution is -2.40. The number of rotatable bonds is 7. The largest absolute Gasteiger partial charge is 0.481 e. The average molecular weight is 429 g/mol. The van der Waals surface area contributed by atoms with E-state index in [2.05, 4.69) is 4.98 Å². The molecule has 0 aliphatic rings. The monoisotopic (exact) mass is 429 g/mol. The fraction of sp³-hybridized carbons (Fsp3) is 0.217. The lowest BCUT2D eigenvalue weighted by atomic mass is 10.0. The van der Waals surface area contributed by atoms with Gasteiger partial charge in [0.1, 0.15) is 6.04 Å². The third kappa shape index (κ3) is 5.61. The van der Waals surface area contributed by atoms with Gasteiger partial charge in [-0.15, -0.1) is 0 Å². The van der Waals surface area contributed by atoms with E-state index >= 15 is 0 Å². The fourth-order valence-corrected chi connectivity index (χ4v) is 3.09. The average Bonchev–Trinajstić information content (AvgIpc) is 2.79. The molecule has 1 amide bonds. The molecule has 2 aromatic carbocycles. The fourth-order valence-electron chi connectivity index (χ4n) is 3.09. The molecule has 162 valence electrons. The van der Waals surface area contributed by atoms with Crippen molar-refractivity contribution in [2.75, 3.05) is 18.6 Å². The van der Waals surface area contributed by atoms with Crippen LogP contribution < -0.4 is 15.4 Å². The zero-order valence-corrected chi connectivity index (χ0v) is 16.8. The van der Waals surface area contributed by atoms with E-state index in [0.29, 0.717) is 29.1 Å². The zero-order valence-electron chi connectivity index (χ0n) is 16.8. The van der Waals surface area contributed by atoms with Gasteiger partial charge in [-0.2, -0.15) is 13.2 Å². The number of hydrogen-bond acceptors (Lipinski definition) is 4. The summed E-state index contributed by atoms with van der Waals surface area (Å²) in [6.45, 7) is 0.221. The van der Waals surface area contributed by atoms with Crippen molar-refractivity contribution in [2.45, 2.75) is 18.6 Å². The van der Waals surface area contributed by atoms with Gasteiger partial charge in [-0.25, -0.2) is 4.98 Å². The van der Waals surface area contributed by atoms with Crippen LogP contribution in [0, 0.1) is 0 Å². The number of aromatic nitrogens is 1. The van der Waals surface area contributed by atoms with Crippen LogP contribution in [0.1, 0.15) is 22.7 Å². The molecule has 3 aromatic rings. The molecule has 0 aliphatic heterocycles. The third-order valence-corrected chi connectivity index (χ3v) is 4.84. The maximum atomic E-state index is 13.2. The van der Waals surface area contributed by atoms with Crippen molar-refractivity contribution < 1.29 is 22.7 Å². The van der Waals surface area contributed by atoms with Crippen molar-refractivity contribution >= 4 is 11.6 Å². The predicted octanol–water partition coefficient (Wildman–Crippen LogP) is 4.38. The number of benzene rings is 2. The first-order valence-electron chi connectivity index (χ1n) is 9.57. The molecular formula is C23H22F3N3O2. The maximum Gasteiger partial charge on any atom is 0.416 e. The number of carbonyl (C=O) groups excluding carboxylic acids is 1. The van der Waals surface area contributed by atoms with E-state index in [1.54, 1.807) is 36.4 Å². The zero-order chi connectivity index (χ0) is 22.4. The molecular weight excluding hydrogens is 407 g/mol. The number of nitrogens with two attached hydrogens (primary N) is 1. The van der Waals surface area contributed by atoms with Gasteiger partial charge in [-0.1, -0.05) is 42.5 Å². The third-order valence-electron chi connectivity index (χ3n) is 4.84. The Labute approximate surface area is 178 Å². The van der Waals surface area contributed by atoms with Crippen molar-refractivity contribution in [2.24, 2.45) is 5.73 Å². The Bertz CT molecular complexity index is 991. The molecule has 0 spiro atoms. The molecule has 1 atom stereocenters. The second-order valence-electron chi connectivity index (χ2n) is 6.88. The molecule has 8 heteroatoms. The second-order valence-corrected chi connectivity index (χ2v) is 6.88. The van der Waals surface area contributed by atoms with Crippen LogP contribution in [0.5, 0.6) is 5.88 Å². The number of alkyl halides is 3. The van der Waals surface area contributed by atoms with E-state index in [-0.39, 0.29) is 12.5 Å². The Balaban J connectivity index is 1.82. The molecule has 0 fully saturated rings. The number of amides is 1. The summed E-state index contributed by atoms with van der Waals surface area (Å²) >= 11 is 0. The van der Waals surface area contributed by atoms with Crippen LogP contribution in [0.2, 0.25) is 0 Å². The van der Waals surface area contributed by atoms with E-state index in [9.17, 15) is 18.0 Å². The minimum Gasteiger partial charge on any atom is -0.481 e. The smallest absolute Gasteiger partial charge is 0.416 e. The summed E-state index contributed by atoms with van der Waals surface area (Å²) in [5, 5.41) is 0. The highest BCUT2D eigenvalue weighted by molar-refractivity contribution is 5.97. The summed E-state index contributed by atoms with van der Waals surface area (Å²) in [7, 11) is 1.49. The molecule has 0 bridgehead atoms. The second kappa shape index (κ2) is 9.61. The minimum absolute atomic E-state index is 0.221. The number of carbonyl (C=O) groups is 1. The van der Waals surface area contributed by atoms with E-state index in [1.165, 1.54) is 30.3 Å².